The Morgan fingerprint density at radius 1 is 1.33 bits per heavy atom. The van der Waals surface area contributed by atoms with Gasteiger partial charge in [-0.2, -0.15) is 0 Å². The van der Waals surface area contributed by atoms with Crippen LogP contribution in [0.2, 0.25) is 5.15 Å². The Labute approximate surface area is 96.7 Å². The Morgan fingerprint density at radius 3 is 2.73 bits per heavy atom. The third-order valence-electron chi connectivity index (χ3n) is 2.84. The molecule has 0 bridgehead atoms. The molecular weight excluding hydrogens is 208 g/mol. The van der Waals surface area contributed by atoms with E-state index in [1.165, 1.54) is 24.4 Å². The summed E-state index contributed by atoms with van der Waals surface area (Å²) in [5, 5.41) is 0.731. The lowest BCUT2D eigenvalue weighted by molar-refractivity contribution is 0.384. The highest BCUT2D eigenvalue weighted by atomic mass is 35.5. The predicted molar refractivity (Wildman–Crippen MR) is 63.3 cm³/mol. The highest BCUT2D eigenvalue weighted by Crippen LogP contribution is 2.28. The van der Waals surface area contributed by atoms with Gasteiger partial charge in [0.25, 0.3) is 0 Å². The minimum absolute atomic E-state index is 0.281. The van der Waals surface area contributed by atoms with Crippen LogP contribution >= 0.6 is 11.6 Å². The van der Waals surface area contributed by atoms with E-state index in [1.54, 1.807) is 0 Å². The zero-order chi connectivity index (χ0) is 11.1. The molecule has 2 rings (SSSR count). The first-order valence-corrected chi connectivity index (χ1v) is 6.09. The summed E-state index contributed by atoms with van der Waals surface area (Å²) in [4.78, 5) is 4.51. The summed E-state index contributed by atoms with van der Waals surface area (Å²) in [5.41, 5.74) is 1.53. The van der Waals surface area contributed by atoms with Gasteiger partial charge in [0.2, 0.25) is 0 Å². The molecule has 0 radical (unpaired) electrons. The Bertz CT molecular complexity index is 360. The van der Waals surface area contributed by atoms with E-state index in [4.69, 9.17) is 11.6 Å². The Balaban J connectivity index is 2.32. The number of aromatic nitrogens is 2. The first-order chi connectivity index (χ1) is 6.97. The van der Waals surface area contributed by atoms with Crippen LogP contribution in [0.3, 0.4) is 0 Å². The molecule has 0 unspecified atom stereocenters. The zero-order valence-corrected chi connectivity index (χ0v) is 10.6. The number of halogens is 1. The van der Waals surface area contributed by atoms with Crippen LogP contribution in [-0.4, -0.2) is 9.55 Å². The maximum Gasteiger partial charge on any atom is 0.150 e. The van der Waals surface area contributed by atoms with E-state index >= 15 is 0 Å². The van der Waals surface area contributed by atoms with Crippen LogP contribution in [0, 0.1) is 5.41 Å². The van der Waals surface area contributed by atoms with Gasteiger partial charge in [0.15, 0.2) is 5.15 Å². The molecule has 0 N–H and O–H groups in total. The average Bonchev–Trinajstić information content (AvgIpc) is 2.42. The summed E-state index contributed by atoms with van der Waals surface area (Å²) in [6.07, 6.45) is 4.61. The number of hydrogen-bond donors (Lipinski definition) is 0. The van der Waals surface area contributed by atoms with Crippen LogP contribution in [0.15, 0.2) is 0 Å². The third-order valence-corrected chi connectivity index (χ3v) is 3.14. The molecule has 3 heteroatoms. The van der Waals surface area contributed by atoms with Crippen LogP contribution in [0.1, 0.15) is 45.1 Å². The summed E-state index contributed by atoms with van der Waals surface area (Å²) in [6, 6.07) is 0. The van der Waals surface area contributed by atoms with E-state index in [2.05, 4.69) is 30.3 Å². The van der Waals surface area contributed by atoms with Crippen molar-refractivity contribution in [3.05, 3.63) is 16.7 Å². The van der Waals surface area contributed by atoms with Crippen LogP contribution in [0.25, 0.3) is 0 Å². The van der Waals surface area contributed by atoms with Crippen LogP contribution in [0.4, 0.5) is 0 Å². The van der Waals surface area contributed by atoms with Crippen molar-refractivity contribution >= 4 is 11.6 Å². The standard InChI is InChI=1S/C12H19ClN2/c1-12(2,3)8-10-14-11(13)9-6-4-5-7-15(9)10/h4-8H2,1-3H3. The predicted octanol–water partition coefficient (Wildman–Crippen LogP) is 3.46. The number of nitrogens with zero attached hydrogens (tertiary/aromatic N) is 2. The largest absolute Gasteiger partial charge is 0.331 e. The van der Waals surface area contributed by atoms with Gasteiger partial charge >= 0.3 is 0 Å². The maximum atomic E-state index is 6.16. The second-order valence-electron chi connectivity index (χ2n) is 5.61. The topological polar surface area (TPSA) is 17.8 Å². The molecule has 0 fully saturated rings. The molecule has 1 aromatic heterocycles. The highest BCUT2D eigenvalue weighted by molar-refractivity contribution is 6.30. The summed E-state index contributed by atoms with van der Waals surface area (Å²) in [5.74, 6) is 1.17. The number of imidazole rings is 1. The molecule has 2 heterocycles. The highest BCUT2D eigenvalue weighted by Gasteiger charge is 2.22. The fraction of sp³-hybridized carbons (Fsp3) is 0.750. The average molecular weight is 227 g/mol. The van der Waals surface area contributed by atoms with E-state index in [0.717, 1.165) is 24.5 Å². The second-order valence-corrected chi connectivity index (χ2v) is 5.97. The van der Waals surface area contributed by atoms with Crippen molar-refractivity contribution in [2.24, 2.45) is 5.41 Å². The molecule has 1 aliphatic heterocycles. The molecular formula is C12H19ClN2. The SMILES string of the molecule is CC(C)(C)Cc1nc(Cl)c2n1CCCC2. The normalized spacial score (nSPS) is 16.5. The Hall–Kier alpha value is -0.500. The molecule has 84 valence electrons. The summed E-state index contributed by atoms with van der Waals surface area (Å²) in [7, 11) is 0. The molecule has 0 spiro atoms. The van der Waals surface area contributed by atoms with Gasteiger partial charge in [0.1, 0.15) is 5.82 Å². The van der Waals surface area contributed by atoms with E-state index in [-0.39, 0.29) is 5.41 Å². The molecule has 1 aromatic rings. The monoisotopic (exact) mass is 226 g/mol. The van der Waals surface area contributed by atoms with Crippen molar-refractivity contribution < 1.29 is 0 Å². The van der Waals surface area contributed by atoms with Gasteiger partial charge in [-0.15, -0.1) is 0 Å². The molecule has 1 aliphatic rings. The summed E-state index contributed by atoms with van der Waals surface area (Å²) < 4.78 is 2.33. The van der Waals surface area contributed by atoms with Gasteiger partial charge < -0.3 is 4.57 Å². The van der Waals surface area contributed by atoms with Crippen molar-refractivity contribution in [1.82, 2.24) is 9.55 Å². The second kappa shape index (κ2) is 3.82. The number of fused-ring (bicyclic) bond motifs is 1. The van der Waals surface area contributed by atoms with Gasteiger partial charge in [-0.25, -0.2) is 4.98 Å². The van der Waals surface area contributed by atoms with E-state index in [1.807, 2.05) is 0 Å². The molecule has 0 saturated carbocycles. The zero-order valence-electron chi connectivity index (χ0n) is 9.81. The lowest BCUT2D eigenvalue weighted by Crippen LogP contribution is -2.18. The molecule has 0 atom stereocenters. The lowest BCUT2D eigenvalue weighted by atomic mass is 9.92. The van der Waals surface area contributed by atoms with Crippen molar-refractivity contribution in [2.75, 3.05) is 0 Å². The summed E-state index contributed by atoms with van der Waals surface area (Å²) in [6.45, 7) is 7.82. The summed E-state index contributed by atoms with van der Waals surface area (Å²) >= 11 is 6.16. The lowest BCUT2D eigenvalue weighted by Gasteiger charge is -2.21. The van der Waals surface area contributed by atoms with Gasteiger partial charge in [-0.1, -0.05) is 32.4 Å². The first kappa shape index (κ1) is 11.0. The van der Waals surface area contributed by atoms with E-state index in [0.29, 0.717) is 0 Å². The van der Waals surface area contributed by atoms with Crippen LogP contribution < -0.4 is 0 Å². The van der Waals surface area contributed by atoms with Crippen LogP contribution in [0.5, 0.6) is 0 Å². The molecule has 2 nitrogen and oxygen atoms in total. The quantitative estimate of drug-likeness (QED) is 0.717. The molecule has 0 aliphatic carbocycles. The van der Waals surface area contributed by atoms with Crippen molar-refractivity contribution in [2.45, 2.75) is 53.0 Å². The smallest absolute Gasteiger partial charge is 0.150 e. The fourth-order valence-corrected chi connectivity index (χ4v) is 2.47. The molecule has 15 heavy (non-hydrogen) atoms. The minimum atomic E-state index is 0.281. The van der Waals surface area contributed by atoms with Gasteiger partial charge in [-0.05, 0) is 24.7 Å². The van der Waals surface area contributed by atoms with Crippen molar-refractivity contribution in [1.29, 1.82) is 0 Å². The fourth-order valence-electron chi connectivity index (χ4n) is 2.18. The first-order valence-electron chi connectivity index (χ1n) is 5.71. The van der Waals surface area contributed by atoms with E-state index in [9.17, 15) is 0 Å². The van der Waals surface area contributed by atoms with Gasteiger partial charge in [0, 0.05) is 13.0 Å². The van der Waals surface area contributed by atoms with Crippen LogP contribution in [-0.2, 0) is 19.4 Å². The Kier molecular flexibility index (Phi) is 2.80. The number of hydrogen-bond acceptors (Lipinski definition) is 1. The minimum Gasteiger partial charge on any atom is -0.331 e. The Morgan fingerprint density at radius 2 is 2.07 bits per heavy atom. The maximum absolute atomic E-state index is 6.16. The third kappa shape index (κ3) is 2.36. The molecule has 0 aromatic carbocycles. The van der Waals surface area contributed by atoms with Gasteiger partial charge in [0.05, 0.1) is 5.69 Å². The van der Waals surface area contributed by atoms with E-state index < -0.39 is 0 Å². The van der Waals surface area contributed by atoms with Crippen molar-refractivity contribution in [3.63, 3.8) is 0 Å². The van der Waals surface area contributed by atoms with Gasteiger partial charge in [-0.3, -0.25) is 0 Å². The molecule has 0 amide bonds. The molecule has 0 saturated heterocycles. The number of rotatable bonds is 1. The van der Waals surface area contributed by atoms with Crippen molar-refractivity contribution in [3.8, 4) is 0 Å².